The number of anilines is 4. The molecule has 0 N–H and O–H groups in total. The molecule has 1 aliphatic rings. The van der Waals surface area contributed by atoms with Gasteiger partial charge in [0.05, 0.1) is 0 Å². The number of benzene rings is 2. The zero-order valence-electron chi connectivity index (χ0n) is 19.3. The summed E-state index contributed by atoms with van der Waals surface area (Å²) in [5.74, 6) is 1.86. The minimum absolute atomic E-state index is 0.160. The van der Waals surface area contributed by atoms with Gasteiger partial charge in [-0.3, -0.25) is 0 Å². The van der Waals surface area contributed by atoms with Gasteiger partial charge in [-0.2, -0.15) is 0 Å². The lowest BCUT2D eigenvalue weighted by Crippen LogP contribution is -2.38. The average Bonchev–Trinajstić information content (AvgIpc) is 3.17. The summed E-state index contributed by atoms with van der Waals surface area (Å²) in [5, 5.41) is 0. The summed E-state index contributed by atoms with van der Waals surface area (Å²) >= 11 is 0. The lowest BCUT2D eigenvalue weighted by atomic mass is 10.1. The van der Waals surface area contributed by atoms with Crippen molar-refractivity contribution < 1.29 is 0 Å². The van der Waals surface area contributed by atoms with E-state index in [1.54, 1.807) is 12.4 Å². The van der Waals surface area contributed by atoms with Crippen LogP contribution in [0.4, 0.5) is 23.0 Å². The maximum atomic E-state index is 4.71. The van der Waals surface area contributed by atoms with Crippen LogP contribution in [0.25, 0.3) is 0 Å². The monoisotopic (exact) mass is 404 g/mol. The highest BCUT2D eigenvalue weighted by Crippen LogP contribution is 2.46. The summed E-state index contributed by atoms with van der Waals surface area (Å²) in [7, 11) is 0. The zero-order valence-corrected chi connectivity index (χ0v) is 19.3. The van der Waals surface area contributed by atoms with Crippen molar-refractivity contribution in [2.75, 3.05) is 9.80 Å². The second-order valence-electron chi connectivity index (χ2n) is 6.55. The highest BCUT2D eigenvalue weighted by Gasteiger charge is 2.39. The third kappa shape index (κ3) is 4.64. The lowest BCUT2D eigenvalue weighted by Gasteiger charge is -2.32. The van der Waals surface area contributed by atoms with Crippen LogP contribution in [-0.4, -0.2) is 16.1 Å². The smallest absolute Gasteiger partial charge is 0.178 e. The van der Waals surface area contributed by atoms with Gasteiger partial charge in [-0.05, 0) is 36.6 Å². The fraction of sp³-hybridized carbons (Fsp3) is 0.385. The van der Waals surface area contributed by atoms with Crippen molar-refractivity contribution in [3.63, 3.8) is 0 Å². The van der Waals surface area contributed by atoms with E-state index >= 15 is 0 Å². The molecule has 4 heteroatoms. The molecule has 1 unspecified atom stereocenters. The standard InChI is InChI=1S/C22H24N4.2C2H6/c1-3-10-17-11-8-9-14-19(17)26-20(4-2)25(18-12-6-5-7-13-18)21-22(26)24-16-15-23-21;2*1-2/h5-9,11-16,20H,3-4,10H2,1-2H3;2*1-2H3. The van der Waals surface area contributed by atoms with Gasteiger partial charge >= 0.3 is 0 Å². The second-order valence-corrected chi connectivity index (χ2v) is 6.55. The zero-order chi connectivity index (χ0) is 21.9. The first-order valence-corrected chi connectivity index (χ1v) is 11.4. The number of aryl methyl sites for hydroxylation is 1. The van der Waals surface area contributed by atoms with Crippen molar-refractivity contribution in [2.45, 2.75) is 67.0 Å². The predicted molar refractivity (Wildman–Crippen MR) is 130 cm³/mol. The van der Waals surface area contributed by atoms with E-state index in [1.165, 1.54) is 11.3 Å². The topological polar surface area (TPSA) is 32.3 Å². The molecule has 0 bridgehead atoms. The van der Waals surface area contributed by atoms with Crippen molar-refractivity contribution in [2.24, 2.45) is 0 Å². The van der Waals surface area contributed by atoms with Crippen LogP contribution in [0.3, 0.4) is 0 Å². The van der Waals surface area contributed by atoms with Gasteiger partial charge in [-0.1, -0.05) is 84.4 Å². The second kappa shape index (κ2) is 12.0. The maximum Gasteiger partial charge on any atom is 0.178 e. The SMILES string of the molecule is CC.CC.CCCc1ccccc1N1c2nccnc2N(c2ccccc2)C1CC. The van der Waals surface area contributed by atoms with Crippen LogP contribution < -0.4 is 9.80 Å². The molecule has 160 valence electrons. The van der Waals surface area contributed by atoms with Crippen LogP contribution in [0.2, 0.25) is 0 Å². The lowest BCUT2D eigenvalue weighted by molar-refractivity contribution is 0.660. The number of rotatable bonds is 5. The van der Waals surface area contributed by atoms with E-state index in [9.17, 15) is 0 Å². The van der Waals surface area contributed by atoms with Crippen LogP contribution >= 0.6 is 0 Å². The molecule has 1 aromatic heterocycles. The largest absolute Gasteiger partial charge is 0.302 e. The van der Waals surface area contributed by atoms with E-state index in [-0.39, 0.29) is 6.17 Å². The first-order chi connectivity index (χ1) is 14.8. The van der Waals surface area contributed by atoms with Crippen LogP contribution in [0.15, 0.2) is 67.0 Å². The summed E-state index contributed by atoms with van der Waals surface area (Å²) in [6, 6.07) is 19.2. The van der Waals surface area contributed by atoms with E-state index < -0.39 is 0 Å². The first-order valence-electron chi connectivity index (χ1n) is 11.4. The molecular weight excluding hydrogens is 368 g/mol. The summed E-state index contributed by atoms with van der Waals surface area (Å²) in [4.78, 5) is 14.1. The summed E-state index contributed by atoms with van der Waals surface area (Å²) in [5.41, 5.74) is 3.75. The molecule has 1 aliphatic heterocycles. The van der Waals surface area contributed by atoms with E-state index in [1.807, 2.05) is 33.8 Å². The number of para-hydroxylation sites is 2. The molecule has 0 fully saturated rings. The van der Waals surface area contributed by atoms with Gasteiger partial charge in [0.2, 0.25) is 0 Å². The Morgan fingerprint density at radius 1 is 0.733 bits per heavy atom. The molecule has 1 atom stereocenters. The molecule has 4 rings (SSSR count). The third-order valence-electron chi connectivity index (χ3n) is 4.88. The average molecular weight is 405 g/mol. The Hall–Kier alpha value is -2.88. The maximum absolute atomic E-state index is 4.71. The summed E-state index contributed by atoms with van der Waals surface area (Å²) < 4.78 is 0. The van der Waals surface area contributed by atoms with Crippen molar-refractivity contribution in [3.8, 4) is 0 Å². The molecule has 2 heterocycles. The highest BCUT2D eigenvalue weighted by molar-refractivity contribution is 5.84. The highest BCUT2D eigenvalue weighted by atomic mass is 15.5. The number of aromatic nitrogens is 2. The normalized spacial score (nSPS) is 14.3. The van der Waals surface area contributed by atoms with E-state index in [2.05, 4.69) is 77.2 Å². The molecule has 0 saturated carbocycles. The Morgan fingerprint density at radius 2 is 1.30 bits per heavy atom. The quantitative estimate of drug-likeness (QED) is 0.440. The van der Waals surface area contributed by atoms with E-state index in [4.69, 9.17) is 4.98 Å². The molecule has 0 amide bonds. The molecule has 0 aliphatic carbocycles. The van der Waals surface area contributed by atoms with Crippen molar-refractivity contribution in [1.29, 1.82) is 0 Å². The van der Waals surface area contributed by atoms with Crippen molar-refractivity contribution in [3.05, 3.63) is 72.6 Å². The molecule has 3 aromatic rings. The number of nitrogens with zero attached hydrogens (tertiary/aromatic N) is 4. The fourth-order valence-electron chi connectivity index (χ4n) is 3.81. The molecule has 0 saturated heterocycles. The molecule has 0 radical (unpaired) electrons. The minimum atomic E-state index is 0.160. The summed E-state index contributed by atoms with van der Waals surface area (Å²) in [6.45, 7) is 12.4. The van der Waals surface area contributed by atoms with Crippen LogP contribution in [0.5, 0.6) is 0 Å². The number of fused-ring (bicyclic) bond motifs is 1. The molecule has 30 heavy (non-hydrogen) atoms. The van der Waals surface area contributed by atoms with E-state index in [0.29, 0.717) is 0 Å². The molecule has 2 aromatic carbocycles. The Kier molecular flexibility index (Phi) is 9.33. The van der Waals surface area contributed by atoms with Gasteiger partial charge < -0.3 is 9.80 Å². The van der Waals surface area contributed by atoms with Gasteiger partial charge in [0.25, 0.3) is 0 Å². The van der Waals surface area contributed by atoms with Crippen molar-refractivity contribution in [1.82, 2.24) is 9.97 Å². The minimum Gasteiger partial charge on any atom is -0.302 e. The first kappa shape index (κ1) is 23.4. The van der Waals surface area contributed by atoms with Crippen molar-refractivity contribution >= 4 is 23.0 Å². The number of hydrogen-bond donors (Lipinski definition) is 0. The molecule has 0 spiro atoms. The molecular formula is C26H36N4. The predicted octanol–water partition coefficient (Wildman–Crippen LogP) is 7.51. The van der Waals surface area contributed by atoms with Crippen LogP contribution in [0, 0.1) is 0 Å². The summed E-state index contributed by atoms with van der Waals surface area (Å²) in [6.07, 6.45) is 6.88. The van der Waals surface area contributed by atoms with Crippen LogP contribution in [-0.2, 0) is 6.42 Å². The van der Waals surface area contributed by atoms with Gasteiger partial charge in [-0.25, -0.2) is 9.97 Å². The Balaban J connectivity index is 0.000000757. The third-order valence-corrected chi connectivity index (χ3v) is 4.88. The van der Waals surface area contributed by atoms with Gasteiger partial charge in [-0.15, -0.1) is 0 Å². The Bertz CT molecular complexity index is 879. The Morgan fingerprint density at radius 3 is 1.90 bits per heavy atom. The van der Waals surface area contributed by atoms with Crippen LogP contribution in [0.1, 0.15) is 59.9 Å². The number of hydrogen-bond acceptors (Lipinski definition) is 4. The van der Waals surface area contributed by atoms with Gasteiger partial charge in [0, 0.05) is 23.8 Å². The van der Waals surface area contributed by atoms with Gasteiger partial charge in [0.15, 0.2) is 11.6 Å². The fourth-order valence-corrected chi connectivity index (χ4v) is 3.81. The van der Waals surface area contributed by atoms with Gasteiger partial charge in [0.1, 0.15) is 6.17 Å². The van der Waals surface area contributed by atoms with E-state index in [0.717, 1.165) is 36.6 Å². The molecule has 4 nitrogen and oxygen atoms in total. The Labute approximate surface area is 182 Å².